The number of nitrogens with two attached hydrogens (primary N) is 1. The van der Waals surface area contributed by atoms with Gasteiger partial charge in [0.15, 0.2) is 0 Å². The Bertz CT molecular complexity index is 525. The van der Waals surface area contributed by atoms with Crippen LogP contribution in [0.25, 0.3) is 0 Å². The predicted octanol–water partition coefficient (Wildman–Crippen LogP) is 1.70. The van der Waals surface area contributed by atoms with Crippen molar-refractivity contribution >= 4 is 23.3 Å². The molecule has 0 unspecified atom stereocenters. The maximum atomic E-state index is 13.7. The van der Waals surface area contributed by atoms with Gasteiger partial charge in [0.05, 0.1) is 12.2 Å². The standard InChI is InChI=1S/C13H17ClFN3O3/c1-21-7-6-18(5-4-12(16)17-20)13(19)10-8-9(14)2-3-11(10)15/h2-3,8,20H,4-7H2,1H3,(H2,16,17). The SMILES string of the molecule is COCCN(CCC(N)=NO)C(=O)c1cc(Cl)ccc1F. The summed E-state index contributed by atoms with van der Waals surface area (Å²) < 4.78 is 18.7. The Morgan fingerprint density at radius 2 is 2.24 bits per heavy atom. The number of hydrogen-bond donors (Lipinski definition) is 2. The second-order valence-electron chi connectivity index (χ2n) is 4.25. The van der Waals surface area contributed by atoms with Crippen LogP contribution in [0, 0.1) is 5.82 Å². The largest absolute Gasteiger partial charge is 0.409 e. The van der Waals surface area contributed by atoms with Crippen molar-refractivity contribution in [3.63, 3.8) is 0 Å². The van der Waals surface area contributed by atoms with Crippen LogP contribution in [0.5, 0.6) is 0 Å². The monoisotopic (exact) mass is 317 g/mol. The third kappa shape index (κ3) is 5.20. The summed E-state index contributed by atoms with van der Waals surface area (Å²) in [5.74, 6) is -1.20. The van der Waals surface area contributed by atoms with Crippen molar-refractivity contribution in [2.45, 2.75) is 6.42 Å². The fraction of sp³-hybridized carbons (Fsp3) is 0.385. The van der Waals surface area contributed by atoms with Gasteiger partial charge < -0.3 is 20.6 Å². The summed E-state index contributed by atoms with van der Waals surface area (Å²) in [6.45, 7) is 0.703. The molecule has 0 heterocycles. The second-order valence-corrected chi connectivity index (χ2v) is 4.69. The van der Waals surface area contributed by atoms with Crippen LogP contribution in [0.3, 0.4) is 0 Å². The molecule has 0 atom stereocenters. The van der Waals surface area contributed by atoms with E-state index in [4.69, 9.17) is 27.3 Å². The normalized spacial score (nSPS) is 11.5. The van der Waals surface area contributed by atoms with E-state index in [0.717, 1.165) is 6.07 Å². The van der Waals surface area contributed by atoms with E-state index in [1.807, 2.05) is 0 Å². The highest BCUT2D eigenvalue weighted by molar-refractivity contribution is 6.31. The predicted molar refractivity (Wildman–Crippen MR) is 77.2 cm³/mol. The summed E-state index contributed by atoms with van der Waals surface area (Å²) in [6, 6.07) is 3.76. The molecule has 6 nitrogen and oxygen atoms in total. The zero-order valence-electron chi connectivity index (χ0n) is 11.6. The lowest BCUT2D eigenvalue weighted by molar-refractivity contribution is 0.0696. The molecule has 0 aliphatic heterocycles. The first-order valence-electron chi connectivity index (χ1n) is 6.19. The first kappa shape index (κ1) is 17.2. The molecule has 3 N–H and O–H groups in total. The molecule has 1 aromatic rings. The summed E-state index contributed by atoms with van der Waals surface area (Å²) >= 11 is 5.79. The molecule has 8 heteroatoms. The van der Waals surface area contributed by atoms with Crippen LogP contribution in [0.15, 0.2) is 23.4 Å². The molecule has 0 aliphatic carbocycles. The minimum absolute atomic E-state index is 0.0169. The Morgan fingerprint density at radius 1 is 1.52 bits per heavy atom. The number of methoxy groups -OCH3 is 1. The number of ether oxygens (including phenoxy) is 1. The van der Waals surface area contributed by atoms with E-state index in [1.54, 1.807) is 0 Å². The van der Waals surface area contributed by atoms with Gasteiger partial charge in [0, 0.05) is 31.6 Å². The van der Waals surface area contributed by atoms with E-state index in [-0.39, 0.29) is 42.5 Å². The quantitative estimate of drug-likeness (QED) is 0.347. The molecule has 1 rings (SSSR count). The fourth-order valence-corrected chi connectivity index (χ4v) is 1.82. The Labute approximate surface area is 126 Å². The van der Waals surface area contributed by atoms with E-state index in [0.29, 0.717) is 0 Å². The van der Waals surface area contributed by atoms with Crippen LogP contribution >= 0.6 is 11.6 Å². The minimum atomic E-state index is -0.657. The van der Waals surface area contributed by atoms with Gasteiger partial charge in [-0.15, -0.1) is 0 Å². The van der Waals surface area contributed by atoms with Crippen molar-refractivity contribution in [3.8, 4) is 0 Å². The van der Waals surface area contributed by atoms with Crippen molar-refractivity contribution < 1.29 is 19.1 Å². The van der Waals surface area contributed by atoms with E-state index in [2.05, 4.69) is 5.16 Å². The van der Waals surface area contributed by atoms with Crippen molar-refractivity contribution in [3.05, 3.63) is 34.6 Å². The first-order valence-corrected chi connectivity index (χ1v) is 6.57. The van der Waals surface area contributed by atoms with Gasteiger partial charge in [-0.05, 0) is 18.2 Å². The molecular formula is C13H17ClFN3O3. The number of carbonyl (C=O) groups is 1. The molecule has 0 bridgehead atoms. The maximum absolute atomic E-state index is 13.7. The van der Waals surface area contributed by atoms with Crippen LogP contribution in [-0.2, 0) is 4.74 Å². The summed E-state index contributed by atoms with van der Waals surface area (Å²) in [5.41, 5.74) is 5.25. The van der Waals surface area contributed by atoms with Crippen LogP contribution in [0.2, 0.25) is 5.02 Å². The molecule has 0 saturated heterocycles. The lowest BCUT2D eigenvalue weighted by Crippen LogP contribution is -2.37. The van der Waals surface area contributed by atoms with E-state index in [9.17, 15) is 9.18 Å². The highest BCUT2D eigenvalue weighted by Crippen LogP contribution is 2.17. The molecule has 0 fully saturated rings. The van der Waals surface area contributed by atoms with Gasteiger partial charge >= 0.3 is 0 Å². The summed E-state index contributed by atoms with van der Waals surface area (Å²) in [7, 11) is 1.49. The highest BCUT2D eigenvalue weighted by Gasteiger charge is 2.19. The van der Waals surface area contributed by atoms with Gasteiger partial charge in [0.25, 0.3) is 5.91 Å². The Balaban J connectivity index is 2.90. The number of amidine groups is 1. The van der Waals surface area contributed by atoms with Gasteiger partial charge in [-0.1, -0.05) is 16.8 Å². The summed E-state index contributed by atoms with van der Waals surface area (Å²) in [4.78, 5) is 13.7. The molecule has 1 aromatic carbocycles. The molecule has 0 saturated carbocycles. The fourth-order valence-electron chi connectivity index (χ4n) is 1.65. The lowest BCUT2D eigenvalue weighted by atomic mass is 10.1. The molecular weight excluding hydrogens is 301 g/mol. The van der Waals surface area contributed by atoms with Crippen LogP contribution in [-0.4, -0.2) is 48.7 Å². The first-order chi connectivity index (χ1) is 9.99. The zero-order chi connectivity index (χ0) is 15.8. The smallest absolute Gasteiger partial charge is 0.256 e. The lowest BCUT2D eigenvalue weighted by Gasteiger charge is -2.22. The maximum Gasteiger partial charge on any atom is 0.256 e. The van der Waals surface area contributed by atoms with Crippen molar-refractivity contribution in [1.82, 2.24) is 4.90 Å². The minimum Gasteiger partial charge on any atom is -0.409 e. The number of oxime groups is 1. The van der Waals surface area contributed by atoms with E-state index < -0.39 is 11.7 Å². The Hall–Kier alpha value is -1.86. The highest BCUT2D eigenvalue weighted by atomic mass is 35.5. The number of carbonyl (C=O) groups excluding carboxylic acids is 1. The molecule has 116 valence electrons. The summed E-state index contributed by atoms with van der Waals surface area (Å²) in [5, 5.41) is 11.6. The van der Waals surface area contributed by atoms with Gasteiger partial charge in [0.1, 0.15) is 11.7 Å². The molecule has 0 aliphatic rings. The number of halogens is 2. The molecule has 0 spiro atoms. The topological polar surface area (TPSA) is 88.2 Å². The zero-order valence-corrected chi connectivity index (χ0v) is 12.3. The average molecular weight is 318 g/mol. The van der Waals surface area contributed by atoms with Gasteiger partial charge in [-0.3, -0.25) is 4.79 Å². The molecule has 0 aromatic heterocycles. The number of hydrogen-bond acceptors (Lipinski definition) is 4. The van der Waals surface area contributed by atoms with Crippen LogP contribution < -0.4 is 5.73 Å². The number of benzene rings is 1. The average Bonchev–Trinajstić information content (AvgIpc) is 2.48. The number of amides is 1. The molecule has 1 amide bonds. The van der Waals surface area contributed by atoms with Crippen molar-refractivity contribution in [2.24, 2.45) is 10.9 Å². The van der Waals surface area contributed by atoms with E-state index in [1.165, 1.54) is 24.1 Å². The Morgan fingerprint density at radius 3 is 2.86 bits per heavy atom. The Kier molecular flexibility index (Phi) is 6.90. The van der Waals surface area contributed by atoms with Crippen molar-refractivity contribution in [2.75, 3.05) is 26.8 Å². The molecule has 0 radical (unpaired) electrons. The number of rotatable bonds is 7. The van der Waals surface area contributed by atoms with Gasteiger partial charge in [-0.25, -0.2) is 4.39 Å². The van der Waals surface area contributed by atoms with E-state index >= 15 is 0 Å². The summed E-state index contributed by atoms with van der Waals surface area (Å²) in [6.07, 6.45) is 0.161. The third-order valence-electron chi connectivity index (χ3n) is 2.78. The van der Waals surface area contributed by atoms with Crippen LogP contribution in [0.4, 0.5) is 4.39 Å². The third-order valence-corrected chi connectivity index (χ3v) is 3.01. The second kappa shape index (κ2) is 8.43. The number of nitrogens with zero attached hydrogens (tertiary/aromatic N) is 2. The van der Waals surface area contributed by atoms with Crippen molar-refractivity contribution in [1.29, 1.82) is 0 Å². The van der Waals surface area contributed by atoms with Gasteiger partial charge in [-0.2, -0.15) is 0 Å². The van der Waals surface area contributed by atoms with Crippen LogP contribution in [0.1, 0.15) is 16.8 Å². The molecule has 21 heavy (non-hydrogen) atoms. The van der Waals surface area contributed by atoms with Gasteiger partial charge in [0.2, 0.25) is 0 Å².